The van der Waals surface area contributed by atoms with Gasteiger partial charge in [-0.25, -0.2) is 4.98 Å². The molecule has 5 rings (SSSR count). The van der Waals surface area contributed by atoms with E-state index in [9.17, 15) is 9.59 Å². The molecule has 1 aromatic heterocycles. The summed E-state index contributed by atoms with van der Waals surface area (Å²) in [6, 6.07) is 20.6. The van der Waals surface area contributed by atoms with E-state index in [4.69, 9.17) is 9.47 Å². The van der Waals surface area contributed by atoms with Crippen LogP contribution in [0.1, 0.15) is 24.4 Å². The Morgan fingerprint density at radius 1 is 0.865 bits per heavy atom. The lowest BCUT2D eigenvalue weighted by atomic mass is 9.82. The van der Waals surface area contributed by atoms with Crippen LogP contribution >= 0.6 is 0 Å². The van der Waals surface area contributed by atoms with Crippen LogP contribution in [-0.2, 0) is 9.59 Å². The molecule has 0 N–H and O–H groups in total. The minimum Gasteiger partial charge on any atom is -0.497 e. The first-order valence-corrected chi connectivity index (χ1v) is 12.6. The van der Waals surface area contributed by atoms with E-state index in [1.807, 2.05) is 71.6 Å². The van der Waals surface area contributed by atoms with Crippen molar-refractivity contribution >= 4 is 23.3 Å². The van der Waals surface area contributed by atoms with E-state index in [-0.39, 0.29) is 17.7 Å². The van der Waals surface area contributed by atoms with Crippen molar-refractivity contribution in [3.63, 3.8) is 0 Å². The van der Waals surface area contributed by atoms with Gasteiger partial charge in [-0.1, -0.05) is 18.2 Å². The predicted molar refractivity (Wildman–Crippen MR) is 142 cm³/mol. The summed E-state index contributed by atoms with van der Waals surface area (Å²) in [6.45, 7) is 2.70. The fourth-order valence-corrected chi connectivity index (χ4v) is 5.31. The number of pyridine rings is 1. The SMILES string of the molecule is COc1ccc([C@H]2[C@H](C(=O)N3CCN(c4ccccn4)CC3)CCC(=O)N2c2ccc(OC)cc2)cc1. The maximum absolute atomic E-state index is 14.0. The Morgan fingerprint density at radius 2 is 1.51 bits per heavy atom. The minimum atomic E-state index is -0.415. The molecule has 2 atom stereocenters. The van der Waals surface area contributed by atoms with Crippen molar-refractivity contribution in [1.82, 2.24) is 9.88 Å². The summed E-state index contributed by atoms with van der Waals surface area (Å²) >= 11 is 0. The standard InChI is InChI=1S/C29H32N4O4/c1-36-23-10-6-21(7-11-23)28-25(14-15-27(34)33(28)22-8-12-24(37-2)13-9-22)29(35)32-19-17-31(18-20-32)26-5-3-4-16-30-26/h3-13,16,25,28H,14-15,17-20H2,1-2H3/t25-,28+/m1/s1. The molecule has 2 aromatic carbocycles. The summed E-state index contributed by atoms with van der Waals surface area (Å²) in [5, 5.41) is 0. The topological polar surface area (TPSA) is 75.2 Å². The van der Waals surface area contributed by atoms with Gasteiger partial charge in [0.2, 0.25) is 11.8 Å². The molecule has 0 radical (unpaired) electrons. The van der Waals surface area contributed by atoms with E-state index in [0.717, 1.165) is 35.9 Å². The van der Waals surface area contributed by atoms with Crippen LogP contribution in [0, 0.1) is 5.92 Å². The Bertz CT molecular complexity index is 1210. The zero-order valence-electron chi connectivity index (χ0n) is 21.2. The third-order valence-corrected chi connectivity index (χ3v) is 7.29. The number of hydrogen-bond donors (Lipinski definition) is 0. The lowest BCUT2D eigenvalue weighted by molar-refractivity contribution is -0.138. The molecular formula is C29H32N4O4. The number of hydrogen-bond acceptors (Lipinski definition) is 6. The van der Waals surface area contributed by atoms with Gasteiger partial charge in [-0.05, 0) is 60.5 Å². The number of carbonyl (C=O) groups is 2. The molecule has 8 nitrogen and oxygen atoms in total. The van der Waals surface area contributed by atoms with Gasteiger partial charge in [0.15, 0.2) is 0 Å². The van der Waals surface area contributed by atoms with Crippen LogP contribution in [0.25, 0.3) is 0 Å². The monoisotopic (exact) mass is 500 g/mol. The van der Waals surface area contributed by atoms with Gasteiger partial charge in [-0.2, -0.15) is 0 Å². The Hall–Kier alpha value is -4.07. The highest BCUT2D eigenvalue weighted by Crippen LogP contribution is 2.41. The highest BCUT2D eigenvalue weighted by molar-refractivity contribution is 5.97. The molecule has 2 aliphatic rings. The van der Waals surface area contributed by atoms with Crippen molar-refractivity contribution in [3.8, 4) is 11.5 Å². The van der Waals surface area contributed by atoms with Gasteiger partial charge in [-0.15, -0.1) is 0 Å². The zero-order chi connectivity index (χ0) is 25.8. The molecule has 2 saturated heterocycles. The van der Waals surface area contributed by atoms with Gasteiger partial charge >= 0.3 is 0 Å². The first-order chi connectivity index (χ1) is 18.1. The average molecular weight is 501 g/mol. The average Bonchev–Trinajstić information content (AvgIpc) is 2.97. The van der Waals surface area contributed by atoms with Gasteiger partial charge in [-0.3, -0.25) is 9.59 Å². The summed E-state index contributed by atoms with van der Waals surface area (Å²) in [5.41, 5.74) is 1.67. The first-order valence-electron chi connectivity index (χ1n) is 12.6. The lowest BCUT2D eigenvalue weighted by Gasteiger charge is -2.44. The van der Waals surface area contributed by atoms with Crippen LogP contribution in [0.15, 0.2) is 72.9 Å². The number of carbonyl (C=O) groups excluding carboxylic acids is 2. The molecule has 3 aromatic rings. The number of piperazine rings is 1. The molecule has 37 heavy (non-hydrogen) atoms. The van der Waals surface area contributed by atoms with Crippen molar-refractivity contribution in [2.75, 3.05) is 50.2 Å². The van der Waals surface area contributed by atoms with Crippen molar-refractivity contribution < 1.29 is 19.1 Å². The van der Waals surface area contributed by atoms with Crippen LogP contribution in [0.2, 0.25) is 0 Å². The second kappa shape index (κ2) is 10.9. The molecule has 0 spiro atoms. The van der Waals surface area contributed by atoms with Crippen LogP contribution in [0.4, 0.5) is 11.5 Å². The number of aromatic nitrogens is 1. The summed E-state index contributed by atoms with van der Waals surface area (Å²) in [7, 11) is 3.24. The fourth-order valence-electron chi connectivity index (χ4n) is 5.31. The molecule has 2 fully saturated rings. The first kappa shape index (κ1) is 24.6. The molecule has 8 heteroatoms. The Kier molecular flexibility index (Phi) is 7.25. The summed E-state index contributed by atoms with van der Waals surface area (Å²) in [6.07, 6.45) is 2.63. The minimum absolute atomic E-state index is 0.00926. The number of amides is 2. The van der Waals surface area contributed by atoms with Gasteiger partial charge in [0.25, 0.3) is 0 Å². The number of methoxy groups -OCH3 is 2. The molecule has 0 bridgehead atoms. The highest BCUT2D eigenvalue weighted by atomic mass is 16.5. The van der Waals surface area contributed by atoms with E-state index in [1.54, 1.807) is 25.3 Å². The second-order valence-corrected chi connectivity index (χ2v) is 9.33. The Balaban J connectivity index is 1.43. The van der Waals surface area contributed by atoms with Crippen LogP contribution < -0.4 is 19.3 Å². The number of nitrogens with zero attached hydrogens (tertiary/aromatic N) is 4. The number of anilines is 2. The molecule has 0 saturated carbocycles. The third kappa shape index (κ3) is 5.09. The third-order valence-electron chi connectivity index (χ3n) is 7.29. The molecular weight excluding hydrogens is 468 g/mol. The number of benzene rings is 2. The molecule has 0 aliphatic carbocycles. The maximum Gasteiger partial charge on any atom is 0.228 e. The largest absolute Gasteiger partial charge is 0.497 e. The van der Waals surface area contributed by atoms with Crippen molar-refractivity contribution in [1.29, 1.82) is 0 Å². The van der Waals surface area contributed by atoms with E-state index >= 15 is 0 Å². The summed E-state index contributed by atoms with van der Waals surface area (Å²) in [4.78, 5) is 37.7. The number of piperidine rings is 1. The highest BCUT2D eigenvalue weighted by Gasteiger charge is 2.43. The molecule has 192 valence electrons. The normalized spacial score (nSPS) is 20.1. The van der Waals surface area contributed by atoms with E-state index in [2.05, 4.69) is 9.88 Å². The van der Waals surface area contributed by atoms with Gasteiger partial charge in [0.1, 0.15) is 17.3 Å². The number of ether oxygens (including phenoxy) is 2. The van der Waals surface area contributed by atoms with Gasteiger partial charge in [0.05, 0.1) is 26.2 Å². The summed E-state index contributed by atoms with van der Waals surface area (Å²) in [5.74, 6) is 2.12. The van der Waals surface area contributed by atoms with Crippen molar-refractivity contribution in [3.05, 3.63) is 78.5 Å². The van der Waals surface area contributed by atoms with Crippen LogP contribution in [0.3, 0.4) is 0 Å². The van der Waals surface area contributed by atoms with E-state index < -0.39 is 6.04 Å². The van der Waals surface area contributed by atoms with Crippen molar-refractivity contribution in [2.45, 2.75) is 18.9 Å². The number of rotatable bonds is 6. The van der Waals surface area contributed by atoms with Crippen LogP contribution in [0.5, 0.6) is 11.5 Å². The Morgan fingerprint density at radius 3 is 2.11 bits per heavy atom. The second-order valence-electron chi connectivity index (χ2n) is 9.33. The Labute approximate surface area is 217 Å². The molecule has 3 heterocycles. The van der Waals surface area contributed by atoms with Gasteiger partial charge in [0, 0.05) is 44.5 Å². The maximum atomic E-state index is 14.0. The van der Waals surface area contributed by atoms with Crippen molar-refractivity contribution in [2.24, 2.45) is 5.92 Å². The van der Waals surface area contributed by atoms with Crippen LogP contribution in [-0.4, -0.2) is 62.1 Å². The fraction of sp³-hybridized carbons (Fsp3) is 0.345. The smallest absolute Gasteiger partial charge is 0.228 e. The zero-order valence-corrected chi connectivity index (χ0v) is 21.2. The van der Waals surface area contributed by atoms with E-state index in [0.29, 0.717) is 31.7 Å². The van der Waals surface area contributed by atoms with Gasteiger partial charge < -0.3 is 24.2 Å². The molecule has 2 aliphatic heterocycles. The summed E-state index contributed by atoms with van der Waals surface area (Å²) < 4.78 is 10.7. The quantitative estimate of drug-likeness (QED) is 0.511. The molecule has 2 amide bonds. The molecule has 0 unspecified atom stereocenters. The van der Waals surface area contributed by atoms with E-state index in [1.165, 1.54) is 0 Å². The lowest BCUT2D eigenvalue weighted by Crippen LogP contribution is -2.54. The predicted octanol–water partition coefficient (Wildman–Crippen LogP) is 3.93.